The normalized spacial score (nSPS) is 13.2. The largest absolute Gasteiger partial charge is 0.381 e. The first-order valence-corrected chi connectivity index (χ1v) is 11.6. The van der Waals surface area contributed by atoms with Crippen LogP contribution in [0, 0.1) is 21.7 Å². The average molecular weight is 417 g/mol. The fourth-order valence-electron chi connectivity index (χ4n) is 1.94. The standard InChI is InChI=1S/C14H30O2.C12H26O/c1-13(2,3)7-9-15-11-12-16-10-8-14(4,5)6;1-11(2,3)7-9-13-10-8-12(4,5)6/h7-12H2,1-6H3;7-10H2,1-6H3. The Labute approximate surface area is 184 Å². The molecule has 0 radical (unpaired) electrons. The second-order valence-electron chi connectivity index (χ2n) is 13.1. The van der Waals surface area contributed by atoms with E-state index in [1.807, 2.05) is 0 Å². The molecule has 0 aliphatic heterocycles. The molecule has 29 heavy (non-hydrogen) atoms. The SMILES string of the molecule is CC(C)(C)CCOCCC(C)(C)C.CC(C)(C)CCOCCOCCC(C)(C)C. The molecule has 3 heteroatoms. The van der Waals surface area contributed by atoms with Crippen molar-refractivity contribution in [2.45, 2.75) is 109 Å². The van der Waals surface area contributed by atoms with Crippen molar-refractivity contribution in [3.8, 4) is 0 Å². The minimum absolute atomic E-state index is 0.368. The van der Waals surface area contributed by atoms with Gasteiger partial charge in [-0.1, -0.05) is 83.1 Å². The molecule has 0 aromatic heterocycles. The molecule has 0 rings (SSSR count). The fourth-order valence-corrected chi connectivity index (χ4v) is 1.94. The van der Waals surface area contributed by atoms with Crippen LogP contribution in [0.15, 0.2) is 0 Å². The lowest BCUT2D eigenvalue weighted by molar-refractivity contribution is 0.0312. The number of hydrogen-bond donors (Lipinski definition) is 0. The van der Waals surface area contributed by atoms with Crippen molar-refractivity contribution in [1.29, 1.82) is 0 Å². The first-order valence-electron chi connectivity index (χ1n) is 11.6. The zero-order valence-corrected chi connectivity index (χ0v) is 22.3. The molecule has 0 atom stereocenters. The zero-order chi connectivity index (χ0) is 23.2. The van der Waals surface area contributed by atoms with Crippen LogP contribution in [0.1, 0.15) is 109 Å². The van der Waals surface area contributed by atoms with Gasteiger partial charge in [0.15, 0.2) is 0 Å². The van der Waals surface area contributed by atoms with Gasteiger partial charge in [-0.15, -0.1) is 0 Å². The Kier molecular flexibility index (Phi) is 15.9. The summed E-state index contributed by atoms with van der Waals surface area (Å²) >= 11 is 0. The Morgan fingerprint density at radius 2 is 0.483 bits per heavy atom. The molecular weight excluding hydrogens is 360 g/mol. The van der Waals surface area contributed by atoms with Crippen molar-refractivity contribution in [2.24, 2.45) is 21.7 Å². The highest BCUT2D eigenvalue weighted by molar-refractivity contribution is 4.63. The van der Waals surface area contributed by atoms with Gasteiger partial charge in [-0.05, 0) is 47.3 Å². The van der Waals surface area contributed by atoms with Crippen molar-refractivity contribution < 1.29 is 14.2 Å². The van der Waals surface area contributed by atoms with Crippen LogP contribution in [0.4, 0.5) is 0 Å². The van der Waals surface area contributed by atoms with Crippen LogP contribution in [-0.4, -0.2) is 39.6 Å². The third-order valence-electron chi connectivity index (χ3n) is 4.36. The Hall–Kier alpha value is -0.120. The van der Waals surface area contributed by atoms with Crippen molar-refractivity contribution in [2.75, 3.05) is 39.6 Å². The van der Waals surface area contributed by atoms with Crippen LogP contribution in [0.3, 0.4) is 0 Å². The smallest absolute Gasteiger partial charge is 0.0700 e. The maximum atomic E-state index is 5.59. The minimum atomic E-state index is 0.368. The van der Waals surface area contributed by atoms with Gasteiger partial charge in [-0.25, -0.2) is 0 Å². The topological polar surface area (TPSA) is 27.7 Å². The van der Waals surface area contributed by atoms with Gasteiger partial charge in [0.1, 0.15) is 0 Å². The van der Waals surface area contributed by atoms with E-state index in [1.54, 1.807) is 0 Å². The number of rotatable bonds is 11. The third kappa shape index (κ3) is 35.7. The summed E-state index contributed by atoms with van der Waals surface area (Å²) in [4.78, 5) is 0. The summed E-state index contributed by atoms with van der Waals surface area (Å²) in [6.45, 7) is 31.8. The van der Waals surface area contributed by atoms with Crippen LogP contribution >= 0.6 is 0 Å². The average Bonchev–Trinajstić information content (AvgIpc) is 2.45. The molecule has 0 aromatic carbocycles. The molecule has 0 spiro atoms. The van der Waals surface area contributed by atoms with Crippen molar-refractivity contribution in [1.82, 2.24) is 0 Å². The third-order valence-corrected chi connectivity index (χ3v) is 4.36. The Morgan fingerprint density at radius 1 is 0.310 bits per heavy atom. The molecule has 178 valence electrons. The van der Waals surface area contributed by atoms with E-state index in [0.29, 0.717) is 21.7 Å². The molecule has 0 heterocycles. The van der Waals surface area contributed by atoms with Gasteiger partial charge in [-0.3, -0.25) is 0 Å². The van der Waals surface area contributed by atoms with E-state index in [-0.39, 0.29) is 0 Å². The first-order chi connectivity index (χ1) is 12.9. The van der Waals surface area contributed by atoms with E-state index < -0.39 is 0 Å². The van der Waals surface area contributed by atoms with Gasteiger partial charge < -0.3 is 14.2 Å². The van der Waals surface area contributed by atoms with Crippen LogP contribution in [0.5, 0.6) is 0 Å². The summed E-state index contributed by atoms with van der Waals surface area (Å²) in [5, 5.41) is 0. The number of ether oxygens (including phenoxy) is 3. The molecule has 0 aliphatic rings. The molecule has 0 aromatic rings. The summed E-state index contributed by atoms with van der Waals surface area (Å²) in [6.07, 6.45) is 4.51. The van der Waals surface area contributed by atoms with Gasteiger partial charge >= 0.3 is 0 Å². The van der Waals surface area contributed by atoms with Gasteiger partial charge in [0, 0.05) is 26.4 Å². The van der Waals surface area contributed by atoms with Gasteiger partial charge in [0.05, 0.1) is 13.2 Å². The van der Waals surface area contributed by atoms with Gasteiger partial charge in [0.2, 0.25) is 0 Å². The lowest BCUT2D eigenvalue weighted by atomic mass is 9.92. The highest BCUT2D eigenvalue weighted by Gasteiger charge is 2.12. The summed E-state index contributed by atoms with van der Waals surface area (Å²) in [7, 11) is 0. The monoisotopic (exact) mass is 416 g/mol. The second-order valence-corrected chi connectivity index (χ2v) is 13.1. The van der Waals surface area contributed by atoms with E-state index in [1.165, 1.54) is 0 Å². The summed E-state index contributed by atoms with van der Waals surface area (Å²) in [5.41, 5.74) is 1.55. The molecule has 0 unspecified atom stereocenters. The first kappa shape index (κ1) is 31.1. The second kappa shape index (κ2) is 14.8. The highest BCUT2D eigenvalue weighted by atomic mass is 16.5. The maximum Gasteiger partial charge on any atom is 0.0700 e. The predicted octanol–water partition coefficient (Wildman–Crippen LogP) is 7.77. The molecule has 0 amide bonds. The van der Waals surface area contributed by atoms with E-state index in [0.717, 1.165) is 65.3 Å². The van der Waals surface area contributed by atoms with E-state index in [9.17, 15) is 0 Å². The molecule has 0 saturated heterocycles. The number of hydrogen-bond acceptors (Lipinski definition) is 3. The predicted molar refractivity (Wildman–Crippen MR) is 129 cm³/mol. The zero-order valence-electron chi connectivity index (χ0n) is 22.3. The van der Waals surface area contributed by atoms with Crippen molar-refractivity contribution in [3.05, 3.63) is 0 Å². The molecule has 0 N–H and O–H groups in total. The molecule has 0 fully saturated rings. The molecule has 0 saturated carbocycles. The highest BCUT2D eigenvalue weighted by Crippen LogP contribution is 2.21. The van der Waals surface area contributed by atoms with E-state index >= 15 is 0 Å². The Bertz CT molecular complexity index is 325. The van der Waals surface area contributed by atoms with Gasteiger partial charge in [-0.2, -0.15) is 0 Å². The minimum Gasteiger partial charge on any atom is -0.381 e. The quantitative estimate of drug-likeness (QED) is 0.322. The lowest BCUT2D eigenvalue weighted by Gasteiger charge is -2.20. The van der Waals surface area contributed by atoms with Crippen molar-refractivity contribution in [3.63, 3.8) is 0 Å². The summed E-state index contributed by atoms with van der Waals surface area (Å²) in [5.74, 6) is 0. The Balaban J connectivity index is 0. The van der Waals surface area contributed by atoms with E-state index in [4.69, 9.17) is 14.2 Å². The molecular formula is C26H56O3. The van der Waals surface area contributed by atoms with Crippen molar-refractivity contribution >= 4 is 0 Å². The van der Waals surface area contributed by atoms with Crippen LogP contribution in [-0.2, 0) is 14.2 Å². The molecule has 0 aliphatic carbocycles. The Morgan fingerprint density at radius 3 is 0.655 bits per heavy atom. The van der Waals surface area contributed by atoms with Crippen LogP contribution in [0.2, 0.25) is 0 Å². The fraction of sp³-hybridized carbons (Fsp3) is 1.00. The van der Waals surface area contributed by atoms with Crippen LogP contribution < -0.4 is 0 Å². The summed E-state index contributed by atoms with van der Waals surface area (Å²) < 4.78 is 16.6. The van der Waals surface area contributed by atoms with E-state index in [2.05, 4.69) is 83.1 Å². The van der Waals surface area contributed by atoms with Crippen LogP contribution in [0.25, 0.3) is 0 Å². The maximum absolute atomic E-state index is 5.59. The van der Waals surface area contributed by atoms with Gasteiger partial charge in [0.25, 0.3) is 0 Å². The summed E-state index contributed by atoms with van der Waals surface area (Å²) in [6, 6.07) is 0. The lowest BCUT2D eigenvalue weighted by Crippen LogP contribution is -2.14. The molecule has 0 bridgehead atoms. The molecule has 3 nitrogen and oxygen atoms in total.